The van der Waals surface area contributed by atoms with Crippen LogP contribution in [0.2, 0.25) is 0 Å². The number of benzene rings is 1. The van der Waals surface area contributed by atoms with Gasteiger partial charge in [0.25, 0.3) is 0 Å². The van der Waals surface area contributed by atoms with Crippen LogP contribution in [0.3, 0.4) is 0 Å². The van der Waals surface area contributed by atoms with Crippen LogP contribution in [-0.2, 0) is 27.8 Å². The number of ether oxygens (including phenoxy) is 1. The first-order valence-electron chi connectivity index (χ1n) is 8.27. The lowest BCUT2D eigenvalue weighted by Crippen LogP contribution is -2.17. The molecule has 27 heavy (non-hydrogen) atoms. The molecule has 1 aromatic carbocycles. The third-order valence-electron chi connectivity index (χ3n) is 3.55. The summed E-state index contributed by atoms with van der Waals surface area (Å²) in [5.41, 5.74) is 5.82. The van der Waals surface area contributed by atoms with Gasteiger partial charge < -0.3 is 20.4 Å². The van der Waals surface area contributed by atoms with E-state index >= 15 is 0 Å². The maximum absolute atomic E-state index is 12.2. The van der Waals surface area contributed by atoms with E-state index in [1.807, 2.05) is 0 Å². The monoisotopic (exact) mass is 391 g/mol. The van der Waals surface area contributed by atoms with Gasteiger partial charge in [0, 0.05) is 19.9 Å². The molecule has 3 N–H and O–H groups in total. The normalized spacial score (nSPS) is 10.4. The van der Waals surface area contributed by atoms with Crippen molar-refractivity contribution in [3.8, 4) is 0 Å². The number of aromatic nitrogens is 3. The summed E-state index contributed by atoms with van der Waals surface area (Å²) in [5, 5.41) is 11.3. The van der Waals surface area contributed by atoms with Crippen molar-refractivity contribution in [1.29, 1.82) is 0 Å². The van der Waals surface area contributed by atoms with Gasteiger partial charge in [-0.3, -0.25) is 9.59 Å². The maximum Gasteiger partial charge on any atom is 0.340 e. The van der Waals surface area contributed by atoms with Crippen molar-refractivity contribution in [2.45, 2.75) is 24.9 Å². The second-order valence-corrected chi connectivity index (χ2v) is 6.47. The van der Waals surface area contributed by atoms with Gasteiger partial charge in [-0.2, -0.15) is 0 Å². The van der Waals surface area contributed by atoms with Crippen LogP contribution in [0.15, 0.2) is 29.4 Å². The van der Waals surface area contributed by atoms with Crippen LogP contribution in [0.4, 0.5) is 5.69 Å². The Labute approximate surface area is 160 Å². The van der Waals surface area contributed by atoms with Gasteiger partial charge in [0.05, 0.1) is 23.6 Å². The van der Waals surface area contributed by atoms with E-state index in [4.69, 9.17) is 10.5 Å². The second kappa shape index (κ2) is 9.72. The minimum absolute atomic E-state index is 0.0823. The molecule has 9 nitrogen and oxygen atoms in total. The zero-order chi connectivity index (χ0) is 19.8. The average Bonchev–Trinajstić information content (AvgIpc) is 2.98. The lowest BCUT2D eigenvalue weighted by molar-refractivity contribution is -0.118. The molecule has 0 saturated carbocycles. The lowest BCUT2D eigenvalue weighted by Gasteiger charge is -2.10. The molecule has 0 radical (unpaired) electrons. The van der Waals surface area contributed by atoms with Crippen molar-refractivity contribution in [2.75, 3.05) is 17.7 Å². The van der Waals surface area contributed by atoms with E-state index in [-0.39, 0.29) is 24.7 Å². The number of para-hydroxylation sites is 1. The third kappa shape index (κ3) is 5.81. The summed E-state index contributed by atoms with van der Waals surface area (Å²) in [6.45, 7) is 1.97. The highest BCUT2D eigenvalue weighted by molar-refractivity contribution is 7.99. The van der Waals surface area contributed by atoms with E-state index in [1.54, 1.807) is 42.8 Å². The molecule has 0 spiro atoms. The lowest BCUT2D eigenvalue weighted by atomic mass is 10.2. The molecule has 0 unspecified atom stereocenters. The Hall–Kier alpha value is -2.88. The van der Waals surface area contributed by atoms with Crippen molar-refractivity contribution in [3.05, 3.63) is 35.7 Å². The van der Waals surface area contributed by atoms with Gasteiger partial charge in [-0.05, 0) is 19.1 Å². The minimum atomic E-state index is -0.492. The molecule has 0 fully saturated rings. The Morgan fingerprint density at radius 1 is 1.26 bits per heavy atom. The van der Waals surface area contributed by atoms with Crippen molar-refractivity contribution in [1.82, 2.24) is 14.8 Å². The number of carbonyl (C=O) groups is 3. The van der Waals surface area contributed by atoms with Crippen LogP contribution >= 0.6 is 11.8 Å². The van der Waals surface area contributed by atoms with Gasteiger partial charge in [0.15, 0.2) is 5.16 Å². The van der Waals surface area contributed by atoms with Crippen molar-refractivity contribution >= 4 is 35.2 Å². The highest BCUT2D eigenvalue weighted by Crippen LogP contribution is 2.19. The molecular weight excluding hydrogens is 370 g/mol. The van der Waals surface area contributed by atoms with E-state index in [0.717, 1.165) is 0 Å². The Morgan fingerprint density at radius 2 is 2.00 bits per heavy atom. The molecule has 0 aliphatic carbocycles. The molecule has 144 valence electrons. The smallest absolute Gasteiger partial charge is 0.340 e. The molecule has 2 amide bonds. The SMILES string of the molecule is CCOC(=O)c1ccccc1NC(=O)CSc1nnc(CCC(N)=O)n1C. The predicted octanol–water partition coefficient (Wildman–Crippen LogP) is 1.14. The number of hydrogen-bond acceptors (Lipinski definition) is 7. The third-order valence-corrected chi connectivity index (χ3v) is 4.57. The highest BCUT2D eigenvalue weighted by Gasteiger charge is 2.16. The Bertz CT molecular complexity index is 836. The first kappa shape index (κ1) is 20.4. The van der Waals surface area contributed by atoms with Gasteiger partial charge in [-0.25, -0.2) is 4.79 Å². The van der Waals surface area contributed by atoms with E-state index in [9.17, 15) is 14.4 Å². The van der Waals surface area contributed by atoms with E-state index < -0.39 is 11.9 Å². The van der Waals surface area contributed by atoms with E-state index in [1.165, 1.54) is 11.8 Å². The maximum atomic E-state index is 12.2. The van der Waals surface area contributed by atoms with Crippen LogP contribution in [-0.4, -0.2) is 44.9 Å². The summed E-state index contributed by atoms with van der Waals surface area (Å²) in [7, 11) is 1.76. The fourth-order valence-electron chi connectivity index (χ4n) is 2.22. The summed E-state index contributed by atoms with van der Waals surface area (Å²) in [6.07, 6.45) is 0.570. The van der Waals surface area contributed by atoms with Crippen LogP contribution < -0.4 is 11.1 Å². The van der Waals surface area contributed by atoms with Crippen LogP contribution in [0, 0.1) is 0 Å². The van der Waals surface area contributed by atoms with E-state index in [2.05, 4.69) is 15.5 Å². The number of amides is 2. The quantitative estimate of drug-likeness (QED) is 0.484. The molecule has 0 aliphatic rings. The van der Waals surface area contributed by atoms with Gasteiger partial charge in [-0.15, -0.1) is 10.2 Å². The molecular formula is C17H21N5O4S. The number of carbonyl (C=O) groups excluding carboxylic acids is 3. The van der Waals surface area contributed by atoms with Crippen molar-refractivity contribution in [3.63, 3.8) is 0 Å². The summed E-state index contributed by atoms with van der Waals surface area (Å²) in [5.74, 6) is -0.498. The molecule has 1 aromatic heterocycles. The van der Waals surface area contributed by atoms with Crippen LogP contribution in [0.5, 0.6) is 0 Å². The summed E-state index contributed by atoms with van der Waals surface area (Å²) in [6, 6.07) is 6.65. The topological polar surface area (TPSA) is 129 Å². The Kier molecular flexibility index (Phi) is 7.35. The number of nitrogens with one attached hydrogen (secondary N) is 1. The van der Waals surface area contributed by atoms with Gasteiger partial charge in [0.1, 0.15) is 5.82 Å². The number of rotatable bonds is 9. The van der Waals surface area contributed by atoms with E-state index in [0.29, 0.717) is 28.7 Å². The molecule has 0 aliphatic heterocycles. The largest absolute Gasteiger partial charge is 0.462 e. The first-order valence-corrected chi connectivity index (χ1v) is 9.26. The molecule has 0 saturated heterocycles. The number of hydrogen-bond donors (Lipinski definition) is 2. The second-order valence-electron chi connectivity index (χ2n) is 5.53. The predicted molar refractivity (Wildman–Crippen MR) is 100 cm³/mol. The summed E-state index contributed by atoms with van der Waals surface area (Å²) in [4.78, 5) is 35.1. The van der Waals surface area contributed by atoms with Crippen molar-refractivity contribution < 1.29 is 19.1 Å². The minimum Gasteiger partial charge on any atom is -0.462 e. The zero-order valence-electron chi connectivity index (χ0n) is 15.1. The number of thioether (sulfide) groups is 1. The summed E-state index contributed by atoms with van der Waals surface area (Å²) >= 11 is 1.20. The molecule has 0 atom stereocenters. The standard InChI is InChI=1S/C17H21N5O4S/c1-3-26-16(25)11-6-4-5-7-12(11)19-15(24)10-27-17-21-20-14(22(17)2)9-8-13(18)23/h4-7H,3,8-10H2,1-2H3,(H2,18,23)(H,19,24). The van der Waals surface area contributed by atoms with Gasteiger partial charge >= 0.3 is 5.97 Å². The fraction of sp³-hybridized carbons (Fsp3) is 0.353. The van der Waals surface area contributed by atoms with Gasteiger partial charge in [0.2, 0.25) is 11.8 Å². The molecule has 10 heteroatoms. The highest BCUT2D eigenvalue weighted by atomic mass is 32.2. The molecule has 2 rings (SSSR count). The molecule has 0 bridgehead atoms. The van der Waals surface area contributed by atoms with Crippen molar-refractivity contribution in [2.24, 2.45) is 12.8 Å². The number of nitrogens with zero attached hydrogens (tertiary/aromatic N) is 3. The Morgan fingerprint density at radius 3 is 2.70 bits per heavy atom. The van der Waals surface area contributed by atoms with Crippen LogP contribution in [0.1, 0.15) is 29.5 Å². The zero-order valence-corrected chi connectivity index (χ0v) is 15.9. The number of esters is 1. The molecule has 1 heterocycles. The number of anilines is 1. The van der Waals surface area contributed by atoms with Crippen LogP contribution in [0.25, 0.3) is 0 Å². The summed E-state index contributed by atoms with van der Waals surface area (Å²) < 4.78 is 6.70. The number of aryl methyl sites for hydroxylation is 1. The first-order chi connectivity index (χ1) is 12.9. The Balaban J connectivity index is 1.96. The average molecular weight is 391 g/mol. The van der Waals surface area contributed by atoms with Gasteiger partial charge in [-0.1, -0.05) is 23.9 Å². The number of primary amides is 1. The number of nitrogens with two attached hydrogens (primary N) is 1. The molecule has 2 aromatic rings. The fourth-order valence-corrected chi connectivity index (χ4v) is 2.95.